The Morgan fingerprint density at radius 2 is 2.08 bits per heavy atom. The van der Waals surface area contributed by atoms with Crippen molar-refractivity contribution in [3.05, 3.63) is 42.2 Å². The first-order chi connectivity index (χ1) is 12.5. The quantitative estimate of drug-likeness (QED) is 0.877. The van der Waals surface area contributed by atoms with Crippen molar-refractivity contribution in [1.29, 1.82) is 0 Å². The number of nitrogens with zero attached hydrogens (tertiary/aromatic N) is 1. The molecule has 1 atom stereocenters. The van der Waals surface area contributed by atoms with E-state index in [0.29, 0.717) is 28.3 Å². The van der Waals surface area contributed by atoms with Gasteiger partial charge in [0, 0.05) is 12.1 Å². The van der Waals surface area contributed by atoms with Crippen molar-refractivity contribution in [3.63, 3.8) is 0 Å². The summed E-state index contributed by atoms with van der Waals surface area (Å²) in [6, 6.07) is 9.56. The summed E-state index contributed by atoms with van der Waals surface area (Å²) in [5.41, 5.74) is 7.35. The summed E-state index contributed by atoms with van der Waals surface area (Å²) in [4.78, 5) is 24.7. The molecule has 8 heteroatoms. The lowest BCUT2D eigenvalue weighted by Gasteiger charge is -2.19. The van der Waals surface area contributed by atoms with Gasteiger partial charge >= 0.3 is 6.09 Å². The highest BCUT2D eigenvalue weighted by molar-refractivity contribution is 5.96. The fourth-order valence-electron chi connectivity index (χ4n) is 3.01. The van der Waals surface area contributed by atoms with Gasteiger partial charge in [-0.3, -0.25) is 9.69 Å². The number of carbonyl (C=O) groups excluding carboxylic acids is 2. The highest BCUT2D eigenvalue weighted by Crippen LogP contribution is 2.35. The number of rotatable bonds is 3. The molecule has 2 aromatic rings. The lowest BCUT2D eigenvalue weighted by atomic mass is 10.0. The summed E-state index contributed by atoms with van der Waals surface area (Å²) >= 11 is 0. The largest absolute Gasteiger partial charge is 0.482 e. The summed E-state index contributed by atoms with van der Waals surface area (Å²) in [5, 5.41) is 2.70. The second kappa shape index (κ2) is 6.30. The molecule has 2 heterocycles. The van der Waals surface area contributed by atoms with E-state index in [1.165, 1.54) is 11.0 Å². The molecule has 0 spiro atoms. The van der Waals surface area contributed by atoms with Gasteiger partial charge in [0.1, 0.15) is 17.7 Å². The van der Waals surface area contributed by atoms with E-state index in [0.717, 1.165) is 0 Å². The molecule has 0 unspecified atom stereocenters. The van der Waals surface area contributed by atoms with Crippen molar-refractivity contribution in [2.45, 2.75) is 6.10 Å². The molecule has 2 aliphatic rings. The van der Waals surface area contributed by atoms with Gasteiger partial charge in [0.2, 0.25) is 0 Å². The number of hydrogen-bond donors (Lipinski definition) is 2. The summed E-state index contributed by atoms with van der Waals surface area (Å²) in [6.45, 7) is 0.465. The number of nitrogens with one attached hydrogen (secondary N) is 1. The normalized spacial score (nSPS) is 18.8. The molecule has 0 aliphatic carbocycles. The lowest BCUT2D eigenvalue weighted by molar-refractivity contribution is -0.118. The highest BCUT2D eigenvalue weighted by Gasteiger charge is 2.31. The first-order valence-electron chi connectivity index (χ1n) is 8.10. The standard InChI is InChI=1S/C18H16FN3O4/c19-14-6-11(22-8-12(7-20)26-18(22)24)2-3-13(14)10-1-4-16-15(5-10)21-17(23)9-25-16/h1-6,12H,7-9,20H2,(H,21,23)/t12-/m0/s1. The number of cyclic esters (lactones) is 1. The predicted molar refractivity (Wildman–Crippen MR) is 92.6 cm³/mol. The minimum atomic E-state index is -0.541. The first kappa shape index (κ1) is 16.3. The van der Waals surface area contributed by atoms with Gasteiger partial charge in [0.05, 0.1) is 17.9 Å². The summed E-state index contributed by atoms with van der Waals surface area (Å²) in [7, 11) is 0. The van der Waals surface area contributed by atoms with Crippen LogP contribution in [0.5, 0.6) is 5.75 Å². The van der Waals surface area contributed by atoms with Crippen LogP contribution in [0.3, 0.4) is 0 Å². The van der Waals surface area contributed by atoms with Gasteiger partial charge < -0.3 is 20.5 Å². The van der Waals surface area contributed by atoms with Crippen LogP contribution in [-0.2, 0) is 9.53 Å². The fraction of sp³-hybridized carbons (Fsp3) is 0.222. The van der Waals surface area contributed by atoms with Gasteiger partial charge in [-0.25, -0.2) is 9.18 Å². The van der Waals surface area contributed by atoms with E-state index >= 15 is 0 Å². The SMILES string of the molecule is NC[C@H]1CN(c2ccc(-c3ccc4c(c3)NC(=O)CO4)c(F)c2)C(=O)O1. The maximum Gasteiger partial charge on any atom is 0.414 e. The van der Waals surface area contributed by atoms with E-state index in [1.54, 1.807) is 30.3 Å². The van der Waals surface area contributed by atoms with Crippen molar-refractivity contribution < 1.29 is 23.5 Å². The van der Waals surface area contributed by atoms with Crippen LogP contribution in [0, 0.1) is 5.82 Å². The summed E-state index contributed by atoms with van der Waals surface area (Å²) in [5.74, 6) is -0.208. The molecule has 1 fully saturated rings. The van der Waals surface area contributed by atoms with Gasteiger partial charge in [-0.1, -0.05) is 6.07 Å². The van der Waals surface area contributed by atoms with Crippen LogP contribution in [0.25, 0.3) is 11.1 Å². The fourth-order valence-corrected chi connectivity index (χ4v) is 3.01. The number of hydrogen-bond acceptors (Lipinski definition) is 5. The van der Waals surface area contributed by atoms with Gasteiger partial charge in [0.25, 0.3) is 5.91 Å². The molecule has 26 heavy (non-hydrogen) atoms. The van der Waals surface area contributed by atoms with Crippen LogP contribution < -0.4 is 20.7 Å². The number of ether oxygens (including phenoxy) is 2. The van der Waals surface area contributed by atoms with E-state index < -0.39 is 18.0 Å². The number of amides is 2. The second-order valence-electron chi connectivity index (χ2n) is 6.06. The first-order valence-corrected chi connectivity index (χ1v) is 8.10. The third-order valence-electron chi connectivity index (χ3n) is 4.32. The second-order valence-corrected chi connectivity index (χ2v) is 6.06. The molecule has 0 saturated carbocycles. The number of carbonyl (C=O) groups is 2. The molecule has 3 N–H and O–H groups in total. The number of benzene rings is 2. The molecule has 134 valence electrons. The van der Waals surface area contributed by atoms with E-state index in [9.17, 15) is 14.0 Å². The molecular formula is C18H16FN3O4. The topological polar surface area (TPSA) is 93.9 Å². The van der Waals surface area contributed by atoms with Crippen molar-refractivity contribution in [1.82, 2.24) is 0 Å². The minimum Gasteiger partial charge on any atom is -0.482 e. The van der Waals surface area contributed by atoms with E-state index in [4.69, 9.17) is 15.2 Å². The number of halogens is 1. The number of fused-ring (bicyclic) bond motifs is 1. The third-order valence-corrected chi connectivity index (χ3v) is 4.32. The van der Waals surface area contributed by atoms with Gasteiger partial charge in [-0.05, 0) is 35.9 Å². The number of nitrogens with two attached hydrogens (primary N) is 1. The Kier molecular flexibility index (Phi) is 3.96. The van der Waals surface area contributed by atoms with Gasteiger partial charge in [0.15, 0.2) is 6.61 Å². The smallest absolute Gasteiger partial charge is 0.414 e. The van der Waals surface area contributed by atoms with Crippen molar-refractivity contribution >= 4 is 23.4 Å². The zero-order chi connectivity index (χ0) is 18.3. The Bertz CT molecular complexity index is 902. The molecule has 2 aromatic carbocycles. The molecule has 0 aromatic heterocycles. The predicted octanol–water partition coefficient (Wildman–Crippen LogP) is 2.11. The Balaban J connectivity index is 1.64. The Labute approximate surface area is 148 Å². The van der Waals surface area contributed by atoms with Crippen molar-refractivity contribution in [3.8, 4) is 16.9 Å². The van der Waals surface area contributed by atoms with Gasteiger partial charge in [-0.15, -0.1) is 0 Å². The van der Waals surface area contributed by atoms with Crippen LogP contribution in [0.4, 0.5) is 20.6 Å². The average Bonchev–Trinajstić information content (AvgIpc) is 3.02. The van der Waals surface area contributed by atoms with Crippen LogP contribution in [0.15, 0.2) is 36.4 Å². The zero-order valence-corrected chi connectivity index (χ0v) is 13.7. The number of anilines is 2. The van der Waals surface area contributed by atoms with Crippen LogP contribution in [0.2, 0.25) is 0 Å². The monoisotopic (exact) mass is 357 g/mol. The third kappa shape index (κ3) is 2.84. The Morgan fingerprint density at radius 1 is 1.23 bits per heavy atom. The zero-order valence-electron chi connectivity index (χ0n) is 13.7. The molecule has 4 rings (SSSR count). The average molecular weight is 357 g/mol. The highest BCUT2D eigenvalue weighted by atomic mass is 19.1. The van der Waals surface area contributed by atoms with Crippen molar-refractivity contribution in [2.24, 2.45) is 5.73 Å². The van der Waals surface area contributed by atoms with Crippen molar-refractivity contribution in [2.75, 3.05) is 29.9 Å². The molecule has 2 aliphatic heterocycles. The lowest BCUT2D eigenvalue weighted by Crippen LogP contribution is -2.27. The van der Waals surface area contributed by atoms with E-state index in [-0.39, 0.29) is 25.6 Å². The summed E-state index contributed by atoms with van der Waals surface area (Å²) < 4.78 is 25.1. The molecule has 2 amide bonds. The van der Waals surface area contributed by atoms with E-state index in [2.05, 4.69) is 5.32 Å². The van der Waals surface area contributed by atoms with Crippen LogP contribution in [0.1, 0.15) is 0 Å². The maximum absolute atomic E-state index is 14.7. The summed E-state index contributed by atoms with van der Waals surface area (Å²) in [6.07, 6.45) is -0.935. The maximum atomic E-state index is 14.7. The van der Waals surface area contributed by atoms with E-state index in [1.807, 2.05) is 0 Å². The van der Waals surface area contributed by atoms with Crippen LogP contribution in [-0.4, -0.2) is 37.8 Å². The molecule has 0 bridgehead atoms. The van der Waals surface area contributed by atoms with Crippen LogP contribution >= 0.6 is 0 Å². The Hall–Kier alpha value is -3.13. The molecule has 0 radical (unpaired) electrons. The van der Waals surface area contributed by atoms with Gasteiger partial charge in [-0.2, -0.15) is 0 Å². The molecule has 1 saturated heterocycles. The molecule has 7 nitrogen and oxygen atoms in total. The Morgan fingerprint density at radius 3 is 2.81 bits per heavy atom. The molecular weight excluding hydrogens is 341 g/mol. The minimum absolute atomic E-state index is 0.0366.